The van der Waals surface area contributed by atoms with Crippen LogP contribution in [0.5, 0.6) is 11.5 Å². The number of nitrogens with one attached hydrogen (secondary N) is 2. The minimum absolute atomic E-state index is 0.311. The van der Waals surface area contributed by atoms with Crippen molar-refractivity contribution in [3.05, 3.63) is 119 Å². The van der Waals surface area contributed by atoms with E-state index in [9.17, 15) is 4.79 Å². The maximum atomic E-state index is 13.4. The molecule has 0 heterocycles. The van der Waals surface area contributed by atoms with Crippen LogP contribution in [-0.4, -0.2) is 13.0 Å². The molecule has 7 heteroatoms. The first-order valence-corrected chi connectivity index (χ1v) is 11.5. The molecule has 0 spiro atoms. The lowest BCUT2D eigenvalue weighted by Crippen LogP contribution is -2.27. The van der Waals surface area contributed by atoms with Crippen LogP contribution in [0, 0.1) is 22.7 Å². The first-order chi connectivity index (χ1) is 18.1. The molecule has 0 saturated heterocycles. The summed E-state index contributed by atoms with van der Waals surface area (Å²) in [6.07, 6.45) is 0. The Morgan fingerprint density at radius 1 is 0.811 bits per heavy atom. The van der Waals surface area contributed by atoms with E-state index >= 15 is 0 Å². The fourth-order valence-electron chi connectivity index (χ4n) is 3.67. The lowest BCUT2D eigenvalue weighted by atomic mass is 10.0. The monoisotopic (exact) mass is 488 g/mol. The molecule has 0 aromatic heterocycles. The van der Waals surface area contributed by atoms with E-state index in [4.69, 9.17) is 20.0 Å². The fourth-order valence-corrected chi connectivity index (χ4v) is 3.67. The number of carbonyl (C=O) groups excluding carboxylic acids is 1. The van der Waals surface area contributed by atoms with Crippen LogP contribution >= 0.6 is 0 Å². The molecule has 0 saturated carbocycles. The van der Waals surface area contributed by atoms with E-state index in [-0.39, 0.29) is 5.91 Å². The van der Waals surface area contributed by atoms with Gasteiger partial charge in [-0.3, -0.25) is 4.79 Å². The van der Waals surface area contributed by atoms with Crippen LogP contribution in [0.15, 0.2) is 97.1 Å². The van der Waals surface area contributed by atoms with Gasteiger partial charge in [0.1, 0.15) is 12.6 Å². The summed E-state index contributed by atoms with van der Waals surface area (Å²) in [7, 11) is 1.55. The van der Waals surface area contributed by atoms with Crippen molar-refractivity contribution < 1.29 is 14.3 Å². The number of rotatable bonds is 9. The van der Waals surface area contributed by atoms with E-state index < -0.39 is 6.04 Å². The van der Waals surface area contributed by atoms with Gasteiger partial charge in [-0.1, -0.05) is 36.4 Å². The van der Waals surface area contributed by atoms with Crippen molar-refractivity contribution in [2.45, 2.75) is 12.6 Å². The molecule has 0 aliphatic carbocycles. The van der Waals surface area contributed by atoms with Gasteiger partial charge in [0.25, 0.3) is 5.91 Å². The van der Waals surface area contributed by atoms with Gasteiger partial charge in [0, 0.05) is 11.4 Å². The molecular formula is C30H24N4O3. The molecule has 7 nitrogen and oxygen atoms in total. The van der Waals surface area contributed by atoms with E-state index in [0.717, 1.165) is 5.56 Å². The molecule has 0 aliphatic rings. The lowest BCUT2D eigenvalue weighted by Gasteiger charge is -2.21. The number of anilines is 2. The second-order valence-electron chi connectivity index (χ2n) is 8.13. The maximum Gasteiger partial charge on any atom is 0.251 e. The van der Waals surface area contributed by atoms with E-state index in [1.165, 1.54) is 0 Å². The number of ether oxygens (including phenoxy) is 2. The number of nitrogens with zero attached hydrogens (tertiary/aromatic N) is 2. The summed E-state index contributed by atoms with van der Waals surface area (Å²) in [6, 6.07) is 32.0. The third-order valence-electron chi connectivity index (χ3n) is 5.63. The van der Waals surface area contributed by atoms with Crippen molar-refractivity contribution in [1.29, 1.82) is 10.5 Å². The smallest absolute Gasteiger partial charge is 0.251 e. The van der Waals surface area contributed by atoms with Crippen molar-refractivity contribution >= 4 is 17.3 Å². The second-order valence-corrected chi connectivity index (χ2v) is 8.13. The van der Waals surface area contributed by atoms with Crippen molar-refractivity contribution in [2.75, 3.05) is 17.7 Å². The number of amides is 1. The van der Waals surface area contributed by atoms with Gasteiger partial charge in [-0.15, -0.1) is 0 Å². The van der Waals surface area contributed by atoms with Crippen LogP contribution in [0.3, 0.4) is 0 Å². The number of methoxy groups -OCH3 is 1. The number of carbonyl (C=O) groups is 1. The SMILES string of the molecule is COc1cc([C@@H](Nc2ccc(C#N)cc2)C(=O)Nc2ccc(C#N)cc2)ccc1OCc1ccccc1. The Balaban J connectivity index is 1.60. The van der Waals surface area contributed by atoms with Crippen LogP contribution in [0.2, 0.25) is 0 Å². The highest BCUT2D eigenvalue weighted by atomic mass is 16.5. The molecule has 4 aromatic rings. The molecule has 4 rings (SSSR count). The van der Waals surface area contributed by atoms with Crippen molar-refractivity contribution in [3.8, 4) is 23.6 Å². The molecule has 0 radical (unpaired) electrons. The van der Waals surface area contributed by atoms with Crippen molar-refractivity contribution in [2.24, 2.45) is 0 Å². The average Bonchev–Trinajstić information content (AvgIpc) is 2.96. The van der Waals surface area contributed by atoms with Gasteiger partial charge in [0.05, 0.1) is 30.4 Å². The van der Waals surface area contributed by atoms with Gasteiger partial charge in [-0.25, -0.2) is 0 Å². The van der Waals surface area contributed by atoms with Crippen LogP contribution in [0.1, 0.15) is 28.3 Å². The van der Waals surface area contributed by atoms with E-state index in [0.29, 0.717) is 46.2 Å². The predicted octanol–water partition coefficient (Wildman–Crippen LogP) is 5.81. The number of nitriles is 2. The van der Waals surface area contributed by atoms with Crippen LogP contribution < -0.4 is 20.1 Å². The minimum atomic E-state index is -0.791. The fraction of sp³-hybridized carbons (Fsp3) is 0.100. The molecule has 4 aromatic carbocycles. The van der Waals surface area contributed by atoms with Crippen LogP contribution in [0.4, 0.5) is 11.4 Å². The highest BCUT2D eigenvalue weighted by molar-refractivity contribution is 5.97. The highest BCUT2D eigenvalue weighted by Gasteiger charge is 2.23. The third-order valence-corrected chi connectivity index (χ3v) is 5.63. The standard InChI is InChI=1S/C30H24N4O3/c1-36-28-17-24(11-16-27(28)37-20-23-5-3-2-4-6-23)29(33-25-12-7-21(18-31)8-13-25)30(35)34-26-14-9-22(19-32)10-15-26/h2-17,29,33H,20H2,1H3,(H,34,35)/t29-/m1/s1. The molecule has 0 aliphatic heterocycles. The molecule has 1 atom stereocenters. The van der Waals surface area contributed by atoms with Crippen molar-refractivity contribution in [3.63, 3.8) is 0 Å². The Morgan fingerprint density at radius 2 is 1.43 bits per heavy atom. The summed E-state index contributed by atoms with van der Waals surface area (Å²) in [5.41, 5.74) is 3.93. The number of hydrogen-bond acceptors (Lipinski definition) is 6. The zero-order valence-corrected chi connectivity index (χ0v) is 20.1. The first kappa shape index (κ1) is 24.8. The quantitative estimate of drug-likeness (QED) is 0.308. The molecule has 0 bridgehead atoms. The molecule has 2 N–H and O–H groups in total. The lowest BCUT2D eigenvalue weighted by molar-refractivity contribution is -0.117. The molecule has 0 fully saturated rings. The van der Waals surface area contributed by atoms with Gasteiger partial charge in [-0.2, -0.15) is 10.5 Å². The molecule has 0 unspecified atom stereocenters. The average molecular weight is 489 g/mol. The van der Waals surface area contributed by atoms with Crippen molar-refractivity contribution in [1.82, 2.24) is 0 Å². The Morgan fingerprint density at radius 3 is 2.03 bits per heavy atom. The Kier molecular flexibility index (Phi) is 8.00. The third kappa shape index (κ3) is 6.45. The maximum absolute atomic E-state index is 13.4. The Labute approximate surface area is 215 Å². The zero-order chi connectivity index (χ0) is 26.0. The minimum Gasteiger partial charge on any atom is -0.493 e. The first-order valence-electron chi connectivity index (χ1n) is 11.5. The second kappa shape index (κ2) is 11.9. The number of hydrogen-bond donors (Lipinski definition) is 2. The largest absolute Gasteiger partial charge is 0.493 e. The molecule has 1 amide bonds. The van der Waals surface area contributed by atoms with Gasteiger partial charge in [0.2, 0.25) is 0 Å². The van der Waals surface area contributed by atoms with Gasteiger partial charge < -0.3 is 20.1 Å². The topological polar surface area (TPSA) is 107 Å². The van der Waals surface area contributed by atoms with E-state index in [2.05, 4.69) is 22.8 Å². The summed E-state index contributed by atoms with van der Waals surface area (Å²) >= 11 is 0. The highest BCUT2D eigenvalue weighted by Crippen LogP contribution is 2.33. The van der Waals surface area contributed by atoms with E-state index in [1.807, 2.05) is 36.4 Å². The molecule has 37 heavy (non-hydrogen) atoms. The van der Waals surface area contributed by atoms with Gasteiger partial charge in [0.15, 0.2) is 11.5 Å². The summed E-state index contributed by atoms with van der Waals surface area (Å²) in [6.45, 7) is 0.378. The molecule has 182 valence electrons. The normalized spacial score (nSPS) is 10.9. The Bertz CT molecular complexity index is 1440. The predicted molar refractivity (Wildman–Crippen MR) is 141 cm³/mol. The molecular weight excluding hydrogens is 464 g/mol. The van der Waals surface area contributed by atoms with Gasteiger partial charge >= 0.3 is 0 Å². The Hall–Kier alpha value is -5.27. The van der Waals surface area contributed by atoms with Crippen LogP contribution in [0.25, 0.3) is 0 Å². The van der Waals surface area contributed by atoms with Gasteiger partial charge in [-0.05, 0) is 71.8 Å². The van der Waals surface area contributed by atoms with Crippen LogP contribution in [-0.2, 0) is 11.4 Å². The summed E-state index contributed by atoms with van der Waals surface area (Å²) in [5, 5.41) is 24.3. The summed E-state index contributed by atoms with van der Waals surface area (Å²) < 4.78 is 11.5. The van der Waals surface area contributed by atoms with E-state index in [1.54, 1.807) is 67.8 Å². The zero-order valence-electron chi connectivity index (χ0n) is 20.1. The number of benzene rings is 4. The summed E-state index contributed by atoms with van der Waals surface area (Å²) in [5.74, 6) is 0.736. The summed E-state index contributed by atoms with van der Waals surface area (Å²) in [4.78, 5) is 13.4.